The fourth-order valence-corrected chi connectivity index (χ4v) is 7.05. The van der Waals surface area contributed by atoms with Crippen molar-refractivity contribution < 1.29 is 19.5 Å². The van der Waals surface area contributed by atoms with Crippen LogP contribution in [-0.4, -0.2) is 36.8 Å². The van der Waals surface area contributed by atoms with Gasteiger partial charge in [0.25, 0.3) is 0 Å². The number of halogens is 1. The van der Waals surface area contributed by atoms with Crippen molar-refractivity contribution >= 4 is 17.6 Å². The minimum Gasteiger partial charge on any atom is -0.462 e. The van der Waals surface area contributed by atoms with Gasteiger partial charge in [0, 0.05) is 23.8 Å². The Balaban J connectivity index is 1.26. The molecule has 5 rings (SSSR count). The van der Waals surface area contributed by atoms with E-state index >= 15 is 0 Å². The lowest BCUT2D eigenvalue weighted by molar-refractivity contribution is -0.910. The number of hydrogen-bond donors (Lipinski definition) is 2. The second-order valence-corrected chi connectivity index (χ2v) is 11.3. The summed E-state index contributed by atoms with van der Waals surface area (Å²) in [7, 11) is 0. The van der Waals surface area contributed by atoms with E-state index in [2.05, 4.69) is 13.8 Å². The summed E-state index contributed by atoms with van der Waals surface area (Å²) >= 11 is 6.01. The number of ether oxygens (including phenoxy) is 1. The Morgan fingerprint density at radius 1 is 1.19 bits per heavy atom. The van der Waals surface area contributed by atoms with Crippen molar-refractivity contribution in [3.8, 4) is 0 Å². The summed E-state index contributed by atoms with van der Waals surface area (Å²) < 4.78 is 5.95. The number of nitrogens with one attached hydrogen (secondary N) is 1. The first-order valence-electron chi connectivity index (χ1n) is 12.0. The van der Waals surface area contributed by atoms with E-state index < -0.39 is 5.60 Å². The van der Waals surface area contributed by atoms with Crippen molar-refractivity contribution in [2.45, 2.75) is 70.5 Å². The summed E-state index contributed by atoms with van der Waals surface area (Å²) in [5.41, 5.74) is 3.56. The van der Waals surface area contributed by atoms with E-state index in [1.54, 1.807) is 11.1 Å². The number of carbonyl (C=O) groups excluding carboxylic acids is 1. The molecule has 1 aromatic rings. The Morgan fingerprint density at radius 2 is 1.90 bits per heavy atom. The highest BCUT2D eigenvalue weighted by Gasteiger charge is 2.54. The predicted molar refractivity (Wildman–Crippen MR) is 121 cm³/mol. The number of rotatable bonds is 3. The smallest absolute Gasteiger partial charge is 0.315 e. The average molecular weight is 445 g/mol. The molecule has 0 spiro atoms. The van der Waals surface area contributed by atoms with Gasteiger partial charge in [0.05, 0.1) is 19.6 Å². The molecule has 2 aliphatic heterocycles. The van der Waals surface area contributed by atoms with Crippen LogP contribution in [0.25, 0.3) is 0 Å². The molecule has 3 fully saturated rings. The van der Waals surface area contributed by atoms with Gasteiger partial charge in [-0.05, 0) is 62.1 Å². The fraction of sp³-hybridized carbons (Fsp3) is 0.654. The first kappa shape index (κ1) is 21.5. The van der Waals surface area contributed by atoms with Crippen molar-refractivity contribution in [1.82, 2.24) is 0 Å². The molecule has 4 aliphatic rings. The first-order chi connectivity index (χ1) is 14.8. The van der Waals surface area contributed by atoms with Gasteiger partial charge in [-0.15, -0.1) is 0 Å². The third kappa shape index (κ3) is 3.85. The summed E-state index contributed by atoms with van der Waals surface area (Å²) in [6.07, 6.45) is 7.24. The van der Waals surface area contributed by atoms with Crippen LogP contribution in [0.5, 0.6) is 0 Å². The van der Waals surface area contributed by atoms with Crippen LogP contribution < -0.4 is 4.90 Å². The van der Waals surface area contributed by atoms with Crippen LogP contribution in [0.2, 0.25) is 5.02 Å². The Bertz CT molecular complexity index is 886. The van der Waals surface area contributed by atoms with Gasteiger partial charge in [-0.2, -0.15) is 0 Å². The molecule has 0 bridgehead atoms. The molecule has 1 saturated carbocycles. The average Bonchev–Trinajstić information content (AvgIpc) is 3.02. The maximum Gasteiger partial charge on any atom is 0.315 e. The van der Waals surface area contributed by atoms with Crippen LogP contribution >= 0.6 is 11.6 Å². The summed E-state index contributed by atoms with van der Waals surface area (Å²) in [6, 6.07) is 7.57. The molecule has 4 nitrogen and oxygen atoms in total. The van der Waals surface area contributed by atoms with Gasteiger partial charge in [-0.25, -0.2) is 0 Å². The molecule has 0 radical (unpaired) electrons. The zero-order valence-electron chi connectivity index (χ0n) is 18.8. The molecule has 5 heteroatoms. The number of fused-ring (bicyclic) bond motifs is 2. The standard InChI is InChI=1S/C26H34ClNO3/c1-17-4-3-9-25(2)15-23-20(14-22(17)25)21(24(29)31-23)16-28-12-10-26(30,11-13-28)18-5-7-19(27)8-6-18/h5-8,20-21,23,30H,3-4,9-16H2,1-2H3/p+1/t20-,21-,23-,25-/m1/s1. The third-order valence-electron chi connectivity index (χ3n) is 8.85. The Kier molecular flexibility index (Phi) is 5.47. The molecule has 2 saturated heterocycles. The second-order valence-electron chi connectivity index (χ2n) is 10.8. The van der Waals surface area contributed by atoms with Gasteiger partial charge in [0.2, 0.25) is 0 Å². The van der Waals surface area contributed by atoms with Crippen LogP contribution in [0, 0.1) is 17.3 Å². The van der Waals surface area contributed by atoms with Gasteiger partial charge < -0.3 is 14.7 Å². The molecule has 2 aliphatic carbocycles. The van der Waals surface area contributed by atoms with Crippen molar-refractivity contribution in [3.63, 3.8) is 0 Å². The zero-order chi connectivity index (χ0) is 21.8. The van der Waals surface area contributed by atoms with Crippen molar-refractivity contribution in [3.05, 3.63) is 46.0 Å². The Labute approximate surface area is 190 Å². The van der Waals surface area contributed by atoms with E-state index in [4.69, 9.17) is 16.3 Å². The number of aliphatic hydroxyl groups is 1. The quantitative estimate of drug-likeness (QED) is 0.552. The molecule has 0 aromatic heterocycles. The molecule has 168 valence electrons. The lowest BCUT2D eigenvalue weighted by atomic mass is 9.59. The number of quaternary nitrogens is 1. The summed E-state index contributed by atoms with van der Waals surface area (Å²) in [5.74, 6) is 0.336. The number of esters is 1. The number of likely N-dealkylation sites (tertiary alicyclic amines) is 1. The van der Waals surface area contributed by atoms with E-state index in [9.17, 15) is 9.90 Å². The van der Waals surface area contributed by atoms with Gasteiger partial charge in [0.1, 0.15) is 17.6 Å². The van der Waals surface area contributed by atoms with E-state index in [1.807, 2.05) is 24.3 Å². The molecule has 0 amide bonds. The molecule has 0 unspecified atom stereocenters. The minimum absolute atomic E-state index is 0.00602. The number of carbonyl (C=O) groups is 1. The van der Waals surface area contributed by atoms with E-state index in [0.29, 0.717) is 23.8 Å². The summed E-state index contributed by atoms with van der Waals surface area (Å²) in [5, 5.41) is 11.9. The molecule has 1 aromatic carbocycles. The Hall–Kier alpha value is -1.36. The van der Waals surface area contributed by atoms with Gasteiger partial charge in [-0.3, -0.25) is 4.79 Å². The largest absolute Gasteiger partial charge is 0.462 e. The van der Waals surface area contributed by atoms with E-state index in [0.717, 1.165) is 38.0 Å². The monoisotopic (exact) mass is 444 g/mol. The predicted octanol–water partition coefficient (Wildman–Crippen LogP) is 3.66. The number of hydrogen-bond acceptors (Lipinski definition) is 3. The van der Waals surface area contributed by atoms with Crippen molar-refractivity contribution in [1.29, 1.82) is 0 Å². The lowest BCUT2D eigenvalue weighted by Crippen LogP contribution is -3.14. The molecular formula is C26H35ClNO3+. The van der Waals surface area contributed by atoms with Crippen LogP contribution in [0.4, 0.5) is 0 Å². The summed E-state index contributed by atoms with van der Waals surface area (Å²) in [4.78, 5) is 14.3. The van der Waals surface area contributed by atoms with Gasteiger partial charge >= 0.3 is 5.97 Å². The van der Waals surface area contributed by atoms with Crippen molar-refractivity contribution in [2.24, 2.45) is 17.3 Å². The molecule has 4 atom stereocenters. The maximum atomic E-state index is 12.9. The molecule has 31 heavy (non-hydrogen) atoms. The van der Waals surface area contributed by atoms with Crippen LogP contribution in [0.15, 0.2) is 35.4 Å². The highest BCUT2D eigenvalue weighted by molar-refractivity contribution is 6.30. The van der Waals surface area contributed by atoms with Crippen LogP contribution in [-0.2, 0) is 15.1 Å². The second kappa shape index (κ2) is 7.90. The van der Waals surface area contributed by atoms with Crippen LogP contribution in [0.3, 0.4) is 0 Å². The van der Waals surface area contributed by atoms with E-state index in [1.165, 1.54) is 24.2 Å². The first-order valence-corrected chi connectivity index (χ1v) is 12.4. The zero-order valence-corrected chi connectivity index (χ0v) is 19.5. The van der Waals surface area contributed by atoms with Crippen molar-refractivity contribution in [2.75, 3.05) is 19.6 Å². The molecule has 2 heterocycles. The molecular weight excluding hydrogens is 410 g/mol. The highest BCUT2D eigenvalue weighted by atomic mass is 35.5. The number of piperidine rings is 1. The summed E-state index contributed by atoms with van der Waals surface area (Å²) in [6.45, 7) is 7.27. The topological polar surface area (TPSA) is 51.0 Å². The minimum atomic E-state index is -0.788. The van der Waals surface area contributed by atoms with Gasteiger partial charge in [0.15, 0.2) is 0 Å². The lowest BCUT2D eigenvalue weighted by Gasteiger charge is -2.46. The van der Waals surface area contributed by atoms with Gasteiger partial charge in [-0.1, -0.05) is 41.8 Å². The SMILES string of the molecule is CC1=C2C[C@H]3[C@@H](C[C@@]2(C)CCC1)OC(=O)[C@@H]3C[NH+]1CCC(O)(c2ccc(Cl)cc2)CC1. The highest BCUT2D eigenvalue weighted by Crippen LogP contribution is 2.54. The molecule has 2 N–H and O–H groups in total. The van der Waals surface area contributed by atoms with Crippen LogP contribution in [0.1, 0.15) is 64.4 Å². The van der Waals surface area contributed by atoms with E-state index in [-0.39, 0.29) is 23.4 Å². The maximum absolute atomic E-state index is 12.9. The Morgan fingerprint density at radius 3 is 2.61 bits per heavy atom. The normalized spacial score (nSPS) is 40.3. The third-order valence-corrected chi connectivity index (χ3v) is 9.11. The number of allylic oxidation sites excluding steroid dienone is 2. The number of benzene rings is 1. The fourth-order valence-electron chi connectivity index (χ4n) is 6.93.